The maximum atomic E-state index is 12.1. The third kappa shape index (κ3) is 3.41. The number of carbonyl (C=O) groups is 1. The Morgan fingerprint density at radius 2 is 2.20 bits per heavy atom. The fourth-order valence-corrected chi connectivity index (χ4v) is 3.24. The Morgan fingerprint density at radius 3 is 2.75 bits per heavy atom. The number of rotatable bonds is 5. The summed E-state index contributed by atoms with van der Waals surface area (Å²) in [6, 6.07) is -0.265. The molecule has 0 saturated carbocycles. The van der Waals surface area contributed by atoms with Crippen molar-refractivity contribution in [2.24, 2.45) is 5.73 Å². The number of amides is 1. The van der Waals surface area contributed by atoms with Crippen LogP contribution in [0.1, 0.15) is 58.2 Å². The van der Waals surface area contributed by atoms with Crippen LogP contribution in [0.3, 0.4) is 0 Å². The van der Waals surface area contributed by atoms with Crippen LogP contribution in [0.15, 0.2) is 11.6 Å². The van der Waals surface area contributed by atoms with E-state index in [-0.39, 0.29) is 18.0 Å². The van der Waals surface area contributed by atoms with Gasteiger partial charge in [-0.05, 0) is 20.3 Å². The third-order valence-corrected chi connectivity index (χ3v) is 5.15. The number of thiazole rings is 2. The topological polar surface area (TPSA) is 80.9 Å². The Balaban J connectivity index is 2.02. The van der Waals surface area contributed by atoms with Gasteiger partial charge in [0.25, 0.3) is 5.91 Å². The summed E-state index contributed by atoms with van der Waals surface area (Å²) in [5.74, 6) is -0.186. The van der Waals surface area contributed by atoms with Crippen molar-refractivity contribution in [2.45, 2.75) is 39.3 Å². The van der Waals surface area contributed by atoms with E-state index in [4.69, 9.17) is 5.73 Å². The van der Waals surface area contributed by atoms with Gasteiger partial charge in [0.1, 0.15) is 15.7 Å². The highest BCUT2D eigenvalue weighted by molar-refractivity contribution is 7.11. The molecule has 2 rings (SSSR count). The number of aromatic nitrogens is 2. The van der Waals surface area contributed by atoms with Crippen LogP contribution >= 0.6 is 22.7 Å². The standard InChI is InChI=1S/C13H18N4OS2/c1-4-9-5-15-13(20-9)8(3)16-11(18)10-6-19-12(17-10)7(2)14/h5-8H,4,14H2,1-3H3,(H,16,18). The number of hydrogen-bond acceptors (Lipinski definition) is 6. The average Bonchev–Trinajstić information content (AvgIpc) is 3.07. The van der Waals surface area contributed by atoms with E-state index in [2.05, 4.69) is 22.2 Å². The molecule has 0 saturated heterocycles. The smallest absolute Gasteiger partial charge is 0.271 e. The summed E-state index contributed by atoms with van der Waals surface area (Å²) < 4.78 is 0. The van der Waals surface area contributed by atoms with Crippen LogP contribution in [-0.2, 0) is 6.42 Å². The number of aryl methyl sites for hydroxylation is 1. The molecule has 5 nitrogen and oxygen atoms in total. The van der Waals surface area contributed by atoms with Crippen molar-refractivity contribution in [3.8, 4) is 0 Å². The molecule has 2 heterocycles. The summed E-state index contributed by atoms with van der Waals surface area (Å²) in [7, 11) is 0. The van der Waals surface area contributed by atoms with Gasteiger partial charge in [0.15, 0.2) is 0 Å². The molecule has 0 aliphatic rings. The minimum absolute atomic E-state index is 0.117. The van der Waals surface area contributed by atoms with Gasteiger partial charge in [-0.1, -0.05) is 6.92 Å². The highest BCUT2D eigenvalue weighted by atomic mass is 32.1. The monoisotopic (exact) mass is 310 g/mol. The molecule has 3 N–H and O–H groups in total. The molecule has 108 valence electrons. The van der Waals surface area contributed by atoms with Crippen molar-refractivity contribution < 1.29 is 4.79 Å². The van der Waals surface area contributed by atoms with Gasteiger partial charge in [-0.25, -0.2) is 9.97 Å². The van der Waals surface area contributed by atoms with Gasteiger partial charge in [-0.3, -0.25) is 4.79 Å². The first kappa shape index (κ1) is 15.1. The Morgan fingerprint density at radius 1 is 1.45 bits per heavy atom. The maximum Gasteiger partial charge on any atom is 0.271 e. The van der Waals surface area contributed by atoms with Crippen molar-refractivity contribution in [3.63, 3.8) is 0 Å². The lowest BCUT2D eigenvalue weighted by Gasteiger charge is -2.09. The summed E-state index contributed by atoms with van der Waals surface area (Å²) in [6.45, 7) is 5.87. The molecule has 7 heteroatoms. The molecule has 0 fully saturated rings. The molecule has 0 spiro atoms. The second-order valence-electron chi connectivity index (χ2n) is 4.57. The molecule has 20 heavy (non-hydrogen) atoms. The van der Waals surface area contributed by atoms with Crippen molar-refractivity contribution in [3.05, 3.63) is 32.2 Å². The zero-order valence-electron chi connectivity index (χ0n) is 11.7. The van der Waals surface area contributed by atoms with Gasteiger partial charge in [0, 0.05) is 16.5 Å². The minimum atomic E-state index is -0.186. The van der Waals surface area contributed by atoms with Crippen LogP contribution in [0.5, 0.6) is 0 Å². The van der Waals surface area contributed by atoms with Gasteiger partial charge in [0.05, 0.1) is 12.1 Å². The lowest BCUT2D eigenvalue weighted by molar-refractivity contribution is 0.0935. The molecule has 1 amide bonds. The summed E-state index contributed by atoms with van der Waals surface area (Å²) in [5.41, 5.74) is 6.16. The van der Waals surface area contributed by atoms with Gasteiger partial charge >= 0.3 is 0 Å². The Hall–Kier alpha value is -1.31. The fourth-order valence-electron chi connectivity index (χ4n) is 1.62. The number of nitrogens with two attached hydrogens (primary N) is 1. The largest absolute Gasteiger partial charge is 0.342 e. The molecule has 0 aliphatic carbocycles. The molecule has 0 aliphatic heterocycles. The van der Waals surface area contributed by atoms with Gasteiger partial charge in [-0.15, -0.1) is 22.7 Å². The van der Waals surface area contributed by atoms with Gasteiger partial charge in [0.2, 0.25) is 0 Å². The predicted molar refractivity (Wildman–Crippen MR) is 82.1 cm³/mol. The lowest BCUT2D eigenvalue weighted by atomic mass is 10.3. The summed E-state index contributed by atoms with van der Waals surface area (Å²) in [4.78, 5) is 21.9. The molecular weight excluding hydrogens is 292 g/mol. The van der Waals surface area contributed by atoms with Crippen molar-refractivity contribution >= 4 is 28.6 Å². The van der Waals surface area contributed by atoms with Gasteiger partial charge in [-0.2, -0.15) is 0 Å². The first-order chi connectivity index (χ1) is 9.51. The summed E-state index contributed by atoms with van der Waals surface area (Å²) in [5, 5.41) is 6.33. The number of nitrogens with zero attached hydrogens (tertiary/aromatic N) is 2. The van der Waals surface area contributed by atoms with Crippen molar-refractivity contribution in [1.82, 2.24) is 15.3 Å². The normalized spacial score (nSPS) is 14.0. The third-order valence-electron chi connectivity index (χ3n) is 2.78. The first-order valence-electron chi connectivity index (χ1n) is 6.47. The number of carbonyl (C=O) groups excluding carboxylic acids is 1. The van der Waals surface area contributed by atoms with Crippen LogP contribution in [0.4, 0.5) is 0 Å². The van der Waals surface area contributed by atoms with E-state index in [9.17, 15) is 4.79 Å². The van der Waals surface area contributed by atoms with Gasteiger partial charge < -0.3 is 11.1 Å². The highest BCUT2D eigenvalue weighted by Gasteiger charge is 2.17. The van der Waals surface area contributed by atoms with E-state index in [0.717, 1.165) is 16.4 Å². The van der Waals surface area contributed by atoms with Crippen LogP contribution in [0.2, 0.25) is 0 Å². The zero-order chi connectivity index (χ0) is 14.7. The van der Waals surface area contributed by atoms with Crippen LogP contribution in [0.25, 0.3) is 0 Å². The van der Waals surface area contributed by atoms with Crippen LogP contribution in [0, 0.1) is 0 Å². The highest BCUT2D eigenvalue weighted by Crippen LogP contribution is 2.21. The Labute approximate surface area is 126 Å². The second-order valence-corrected chi connectivity index (χ2v) is 6.61. The molecule has 2 aromatic heterocycles. The van der Waals surface area contributed by atoms with E-state index in [1.165, 1.54) is 16.2 Å². The SMILES string of the molecule is CCc1cnc(C(C)NC(=O)c2csc(C(C)N)n2)s1. The predicted octanol–water partition coefficient (Wildman–Crippen LogP) is 2.67. The maximum absolute atomic E-state index is 12.1. The minimum Gasteiger partial charge on any atom is -0.342 e. The fraction of sp³-hybridized carbons (Fsp3) is 0.462. The number of hydrogen-bond donors (Lipinski definition) is 2. The molecule has 2 atom stereocenters. The molecular formula is C13H18N4OS2. The van der Waals surface area contributed by atoms with E-state index < -0.39 is 0 Å². The van der Waals surface area contributed by atoms with Crippen molar-refractivity contribution in [2.75, 3.05) is 0 Å². The molecule has 2 unspecified atom stereocenters. The average molecular weight is 310 g/mol. The second kappa shape index (κ2) is 6.43. The molecule has 0 bridgehead atoms. The van der Waals surface area contributed by atoms with E-state index >= 15 is 0 Å². The van der Waals surface area contributed by atoms with E-state index in [1.54, 1.807) is 16.7 Å². The Kier molecular flexibility index (Phi) is 4.85. The molecule has 2 aromatic rings. The van der Waals surface area contributed by atoms with E-state index in [1.807, 2.05) is 20.0 Å². The van der Waals surface area contributed by atoms with Crippen molar-refractivity contribution in [1.29, 1.82) is 0 Å². The zero-order valence-corrected chi connectivity index (χ0v) is 13.3. The van der Waals surface area contributed by atoms with E-state index in [0.29, 0.717) is 5.69 Å². The summed E-state index contributed by atoms with van der Waals surface area (Å²) in [6.07, 6.45) is 2.82. The first-order valence-corrected chi connectivity index (χ1v) is 8.17. The number of nitrogens with one attached hydrogen (secondary N) is 1. The molecule has 0 radical (unpaired) electrons. The van der Waals surface area contributed by atoms with Crippen LogP contribution in [-0.4, -0.2) is 15.9 Å². The lowest BCUT2D eigenvalue weighted by Crippen LogP contribution is -2.27. The summed E-state index contributed by atoms with van der Waals surface area (Å²) >= 11 is 3.03. The Bertz CT molecular complexity index is 591. The molecule has 0 aromatic carbocycles. The quantitative estimate of drug-likeness (QED) is 0.889. The van der Waals surface area contributed by atoms with Crippen LogP contribution < -0.4 is 11.1 Å².